The number of amides is 1. The summed E-state index contributed by atoms with van der Waals surface area (Å²) in [6, 6.07) is 4.01. The zero-order chi connectivity index (χ0) is 14.9. The maximum atomic E-state index is 12.2. The van der Waals surface area contributed by atoms with Crippen molar-refractivity contribution in [3.63, 3.8) is 0 Å². The number of H-pyrrole nitrogens is 1. The third-order valence-corrected chi connectivity index (χ3v) is 4.34. The van der Waals surface area contributed by atoms with Crippen LogP contribution < -0.4 is 11.1 Å². The maximum absolute atomic E-state index is 12.2. The van der Waals surface area contributed by atoms with E-state index in [9.17, 15) is 4.79 Å². The Balaban J connectivity index is 2.12. The van der Waals surface area contributed by atoms with Crippen LogP contribution in [0.4, 0.5) is 5.69 Å². The van der Waals surface area contributed by atoms with Crippen LogP contribution in [0.3, 0.4) is 0 Å². The topological polar surface area (TPSA) is 83.8 Å². The maximum Gasteiger partial charge on any atom is 0.274 e. The molecule has 0 spiro atoms. The monoisotopic (exact) mass is 292 g/mol. The summed E-state index contributed by atoms with van der Waals surface area (Å²) in [4.78, 5) is 14.6. The number of rotatable bonds is 4. The first-order valence-electron chi connectivity index (χ1n) is 6.61. The third kappa shape index (κ3) is 2.85. The number of nitrogens with one attached hydrogen (secondary N) is 2. The van der Waals surface area contributed by atoms with Gasteiger partial charge in [0.2, 0.25) is 0 Å². The van der Waals surface area contributed by atoms with Gasteiger partial charge < -0.3 is 11.1 Å². The number of aryl methyl sites for hydroxylation is 1. The standard InChI is InChI=1S/C14H20N4OS/c1-7(2)12-11(15)13(18-17-12)14(19)16-9(4)10-6-5-8(3)20-10/h5-7,9H,15H2,1-4H3,(H,16,19)(H,17,18). The molecule has 0 aliphatic rings. The molecule has 2 aromatic rings. The van der Waals surface area contributed by atoms with E-state index in [-0.39, 0.29) is 23.6 Å². The van der Waals surface area contributed by atoms with Gasteiger partial charge in [-0.25, -0.2) is 0 Å². The first-order chi connectivity index (χ1) is 9.40. The first-order valence-corrected chi connectivity index (χ1v) is 7.42. The van der Waals surface area contributed by atoms with Crippen LogP contribution >= 0.6 is 11.3 Å². The van der Waals surface area contributed by atoms with Gasteiger partial charge in [-0.2, -0.15) is 5.10 Å². The average molecular weight is 292 g/mol. The molecule has 1 amide bonds. The minimum absolute atomic E-state index is 0.0557. The third-order valence-electron chi connectivity index (χ3n) is 3.16. The van der Waals surface area contributed by atoms with Gasteiger partial charge in [0, 0.05) is 9.75 Å². The van der Waals surface area contributed by atoms with Crippen molar-refractivity contribution in [2.24, 2.45) is 0 Å². The molecule has 4 N–H and O–H groups in total. The van der Waals surface area contributed by atoms with Gasteiger partial charge in [0.1, 0.15) is 0 Å². The fourth-order valence-electron chi connectivity index (χ4n) is 2.00. The highest BCUT2D eigenvalue weighted by molar-refractivity contribution is 7.12. The lowest BCUT2D eigenvalue weighted by atomic mass is 10.1. The summed E-state index contributed by atoms with van der Waals surface area (Å²) in [6.45, 7) is 8.00. The van der Waals surface area contributed by atoms with E-state index in [1.165, 1.54) is 4.88 Å². The van der Waals surface area contributed by atoms with E-state index in [2.05, 4.69) is 15.5 Å². The predicted molar refractivity (Wildman–Crippen MR) is 82.0 cm³/mol. The molecule has 1 atom stereocenters. The number of aromatic nitrogens is 2. The number of carbonyl (C=O) groups is 1. The summed E-state index contributed by atoms with van der Waals surface area (Å²) in [5.74, 6) is -0.0365. The molecular weight excluding hydrogens is 272 g/mol. The number of carbonyl (C=O) groups excluding carboxylic acids is 1. The van der Waals surface area contributed by atoms with E-state index >= 15 is 0 Å². The highest BCUT2D eigenvalue weighted by Gasteiger charge is 2.20. The zero-order valence-corrected chi connectivity index (χ0v) is 13.0. The van der Waals surface area contributed by atoms with Gasteiger partial charge in [-0.1, -0.05) is 13.8 Å². The Hall–Kier alpha value is -1.82. The van der Waals surface area contributed by atoms with Crippen molar-refractivity contribution in [3.8, 4) is 0 Å². The van der Waals surface area contributed by atoms with Crippen molar-refractivity contribution < 1.29 is 4.79 Å². The largest absolute Gasteiger partial charge is 0.395 e. The van der Waals surface area contributed by atoms with Gasteiger partial charge in [0.05, 0.1) is 17.4 Å². The number of nitrogen functional groups attached to an aromatic ring is 1. The normalized spacial score (nSPS) is 12.7. The number of aromatic amines is 1. The number of thiophene rings is 1. The fourth-order valence-corrected chi connectivity index (χ4v) is 2.88. The Morgan fingerprint density at radius 2 is 2.10 bits per heavy atom. The summed E-state index contributed by atoms with van der Waals surface area (Å²) in [5.41, 5.74) is 7.48. The molecule has 0 aliphatic heterocycles. The van der Waals surface area contributed by atoms with Gasteiger partial charge in [0.15, 0.2) is 5.69 Å². The second-order valence-corrected chi connectivity index (χ2v) is 6.52. The van der Waals surface area contributed by atoms with E-state index in [0.717, 1.165) is 10.6 Å². The van der Waals surface area contributed by atoms with Crippen molar-refractivity contribution >= 4 is 22.9 Å². The van der Waals surface area contributed by atoms with Crippen molar-refractivity contribution in [2.75, 3.05) is 5.73 Å². The number of anilines is 1. The molecule has 0 saturated carbocycles. The van der Waals surface area contributed by atoms with Crippen LogP contribution in [0.2, 0.25) is 0 Å². The second-order valence-electron chi connectivity index (χ2n) is 5.20. The van der Waals surface area contributed by atoms with Crippen molar-refractivity contribution in [3.05, 3.63) is 33.3 Å². The van der Waals surface area contributed by atoms with E-state index < -0.39 is 0 Å². The molecule has 6 heteroatoms. The van der Waals surface area contributed by atoms with Crippen molar-refractivity contribution in [1.29, 1.82) is 0 Å². The molecule has 0 radical (unpaired) electrons. The SMILES string of the molecule is Cc1ccc(C(C)NC(=O)c2n[nH]c(C(C)C)c2N)s1. The summed E-state index contributed by atoms with van der Waals surface area (Å²) in [5, 5.41) is 9.80. The summed E-state index contributed by atoms with van der Waals surface area (Å²) >= 11 is 1.67. The summed E-state index contributed by atoms with van der Waals surface area (Å²) in [6.07, 6.45) is 0. The van der Waals surface area contributed by atoms with Crippen LogP contribution in [0.15, 0.2) is 12.1 Å². The van der Waals surface area contributed by atoms with Gasteiger partial charge in [0.25, 0.3) is 5.91 Å². The minimum Gasteiger partial charge on any atom is -0.395 e. The summed E-state index contributed by atoms with van der Waals surface area (Å²) in [7, 11) is 0. The Labute approximate surface area is 122 Å². The number of nitrogens with two attached hydrogens (primary N) is 1. The molecule has 20 heavy (non-hydrogen) atoms. The average Bonchev–Trinajstić information content (AvgIpc) is 2.95. The Morgan fingerprint density at radius 3 is 2.60 bits per heavy atom. The van der Waals surface area contributed by atoms with Gasteiger partial charge in [-0.15, -0.1) is 11.3 Å². The fraction of sp³-hybridized carbons (Fsp3) is 0.429. The Bertz CT molecular complexity index is 614. The highest BCUT2D eigenvalue weighted by Crippen LogP contribution is 2.25. The Morgan fingerprint density at radius 1 is 1.40 bits per heavy atom. The molecule has 0 bridgehead atoms. The molecule has 0 aromatic carbocycles. The molecule has 108 valence electrons. The molecule has 0 saturated heterocycles. The van der Waals surface area contributed by atoms with Crippen LogP contribution in [0.25, 0.3) is 0 Å². The smallest absolute Gasteiger partial charge is 0.274 e. The van der Waals surface area contributed by atoms with E-state index in [1.54, 1.807) is 11.3 Å². The second kappa shape index (κ2) is 5.66. The molecule has 0 aliphatic carbocycles. The van der Waals surface area contributed by atoms with Gasteiger partial charge in [-0.05, 0) is 31.9 Å². The number of hydrogen-bond acceptors (Lipinski definition) is 4. The number of nitrogens with zero attached hydrogens (tertiary/aromatic N) is 1. The molecule has 0 fully saturated rings. The van der Waals surface area contributed by atoms with Crippen molar-refractivity contribution in [1.82, 2.24) is 15.5 Å². The van der Waals surface area contributed by atoms with Gasteiger partial charge in [-0.3, -0.25) is 9.89 Å². The predicted octanol–water partition coefficient (Wildman–Crippen LogP) is 2.98. The molecule has 2 rings (SSSR count). The molecule has 2 heterocycles. The van der Waals surface area contributed by atoms with E-state index in [0.29, 0.717) is 5.69 Å². The number of hydrogen-bond donors (Lipinski definition) is 3. The van der Waals surface area contributed by atoms with Crippen LogP contribution in [0, 0.1) is 6.92 Å². The van der Waals surface area contributed by atoms with Crippen LogP contribution in [-0.4, -0.2) is 16.1 Å². The quantitative estimate of drug-likeness (QED) is 0.810. The van der Waals surface area contributed by atoms with Crippen LogP contribution in [-0.2, 0) is 0 Å². The van der Waals surface area contributed by atoms with Gasteiger partial charge >= 0.3 is 0 Å². The van der Waals surface area contributed by atoms with E-state index in [4.69, 9.17) is 5.73 Å². The first kappa shape index (κ1) is 14.6. The molecule has 5 nitrogen and oxygen atoms in total. The highest BCUT2D eigenvalue weighted by atomic mass is 32.1. The molecular formula is C14H20N4OS. The summed E-state index contributed by atoms with van der Waals surface area (Å²) < 4.78 is 0. The van der Waals surface area contributed by atoms with E-state index in [1.807, 2.05) is 39.8 Å². The lowest BCUT2D eigenvalue weighted by Crippen LogP contribution is -2.27. The minimum atomic E-state index is -0.246. The van der Waals surface area contributed by atoms with Crippen LogP contribution in [0.5, 0.6) is 0 Å². The van der Waals surface area contributed by atoms with Crippen LogP contribution in [0.1, 0.15) is 58.7 Å². The molecule has 2 aromatic heterocycles. The lowest BCUT2D eigenvalue weighted by Gasteiger charge is -2.11. The zero-order valence-electron chi connectivity index (χ0n) is 12.2. The lowest BCUT2D eigenvalue weighted by molar-refractivity contribution is 0.0936. The molecule has 1 unspecified atom stereocenters. The van der Waals surface area contributed by atoms with Crippen molar-refractivity contribution in [2.45, 2.75) is 39.7 Å². The Kier molecular flexibility index (Phi) is 4.13.